The van der Waals surface area contributed by atoms with E-state index in [4.69, 9.17) is 14.5 Å². The van der Waals surface area contributed by atoms with Gasteiger partial charge in [0.15, 0.2) is 0 Å². The molecule has 1 saturated heterocycles. The lowest BCUT2D eigenvalue weighted by molar-refractivity contribution is -0.110. The van der Waals surface area contributed by atoms with Gasteiger partial charge in [0.2, 0.25) is 0 Å². The molecule has 0 aliphatic carbocycles. The second-order valence-corrected chi connectivity index (χ2v) is 9.50. The minimum Gasteiger partial charge on any atom is -0.497 e. The van der Waals surface area contributed by atoms with E-state index in [-0.39, 0.29) is 12.0 Å². The van der Waals surface area contributed by atoms with Crippen molar-refractivity contribution in [2.75, 3.05) is 32.1 Å². The highest BCUT2D eigenvalue weighted by Gasteiger charge is 2.31. The monoisotopic (exact) mass is 494 g/mol. The summed E-state index contributed by atoms with van der Waals surface area (Å²) >= 11 is 0. The fourth-order valence-electron chi connectivity index (χ4n) is 5.24. The molecule has 188 valence electrons. The van der Waals surface area contributed by atoms with E-state index < -0.39 is 0 Å². The van der Waals surface area contributed by atoms with Crippen LogP contribution in [0.25, 0.3) is 22.2 Å². The van der Waals surface area contributed by atoms with Crippen LogP contribution >= 0.6 is 0 Å². The van der Waals surface area contributed by atoms with E-state index in [0.29, 0.717) is 11.4 Å². The van der Waals surface area contributed by atoms with Crippen molar-refractivity contribution in [1.29, 1.82) is 0 Å². The SMILES string of the molecule is CCN1CCC(Oc2ccc3c(c2)/C(=C(\c2ccccc2)c2nc4cc(OC)ccc4[nH]2)C(=O)N3)CC1. The number of anilines is 1. The molecule has 3 heterocycles. The first-order valence-corrected chi connectivity index (χ1v) is 12.8. The number of hydrogen-bond donors (Lipinski definition) is 2. The van der Waals surface area contributed by atoms with Crippen molar-refractivity contribution in [1.82, 2.24) is 14.9 Å². The molecule has 0 spiro atoms. The summed E-state index contributed by atoms with van der Waals surface area (Å²) in [6.45, 7) is 5.37. The Bertz CT molecular complexity index is 1480. The molecule has 0 bridgehead atoms. The van der Waals surface area contributed by atoms with E-state index in [1.807, 2.05) is 66.7 Å². The minimum absolute atomic E-state index is 0.153. The molecule has 3 aromatic carbocycles. The zero-order chi connectivity index (χ0) is 25.4. The van der Waals surface area contributed by atoms with Crippen molar-refractivity contribution in [3.8, 4) is 11.5 Å². The quantitative estimate of drug-likeness (QED) is 0.354. The Labute approximate surface area is 216 Å². The second kappa shape index (κ2) is 9.75. The molecule has 4 aromatic rings. The summed E-state index contributed by atoms with van der Waals surface area (Å²) in [5.74, 6) is 1.99. The number of aromatic nitrogens is 2. The zero-order valence-electron chi connectivity index (χ0n) is 21.1. The Balaban J connectivity index is 1.44. The lowest BCUT2D eigenvalue weighted by Crippen LogP contribution is -2.37. The van der Waals surface area contributed by atoms with Crippen LogP contribution < -0.4 is 14.8 Å². The molecule has 1 fully saturated rings. The van der Waals surface area contributed by atoms with Crippen LogP contribution in [-0.2, 0) is 4.79 Å². The molecule has 0 unspecified atom stereocenters. The zero-order valence-corrected chi connectivity index (χ0v) is 21.1. The number of likely N-dealkylation sites (tertiary alicyclic amines) is 1. The van der Waals surface area contributed by atoms with E-state index in [1.54, 1.807) is 7.11 Å². The summed E-state index contributed by atoms with van der Waals surface area (Å²) in [7, 11) is 1.64. The summed E-state index contributed by atoms with van der Waals surface area (Å²) in [5.41, 5.74) is 5.49. The number of amides is 1. The Morgan fingerprint density at radius 1 is 1.03 bits per heavy atom. The molecule has 2 N–H and O–H groups in total. The van der Waals surface area contributed by atoms with Crippen LogP contribution in [0.1, 0.15) is 36.7 Å². The van der Waals surface area contributed by atoms with Gasteiger partial charge in [0.05, 0.1) is 23.7 Å². The number of nitrogens with one attached hydrogen (secondary N) is 2. The van der Waals surface area contributed by atoms with E-state index in [0.717, 1.165) is 77.4 Å². The third-order valence-corrected chi connectivity index (χ3v) is 7.26. The van der Waals surface area contributed by atoms with Gasteiger partial charge in [0, 0.05) is 36.0 Å². The summed E-state index contributed by atoms with van der Waals surface area (Å²) in [4.78, 5) is 24.2. The number of H-pyrrole nitrogens is 1. The fourth-order valence-corrected chi connectivity index (χ4v) is 5.24. The van der Waals surface area contributed by atoms with Crippen molar-refractivity contribution < 1.29 is 14.3 Å². The number of aromatic amines is 1. The van der Waals surface area contributed by atoms with Crippen LogP contribution in [0.4, 0.5) is 5.69 Å². The number of fused-ring (bicyclic) bond motifs is 2. The summed E-state index contributed by atoms with van der Waals surface area (Å²) in [6, 6.07) is 21.5. The van der Waals surface area contributed by atoms with Gasteiger partial charge >= 0.3 is 0 Å². The first-order chi connectivity index (χ1) is 18.1. The molecule has 0 radical (unpaired) electrons. The third-order valence-electron chi connectivity index (χ3n) is 7.26. The minimum atomic E-state index is -0.153. The number of piperidine rings is 1. The van der Waals surface area contributed by atoms with Gasteiger partial charge in [-0.15, -0.1) is 0 Å². The molecular weight excluding hydrogens is 464 g/mol. The van der Waals surface area contributed by atoms with Gasteiger partial charge in [-0.05, 0) is 55.3 Å². The molecular formula is C30H30N4O3. The molecule has 1 aromatic heterocycles. The number of carbonyl (C=O) groups excluding carboxylic acids is 1. The normalized spacial score (nSPS) is 17.5. The summed E-state index contributed by atoms with van der Waals surface area (Å²) < 4.78 is 11.8. The number of ether oxygens (including phenoxy) is 2. The van der Waals surface area contributed by atoms with Crippen molar-refractivity contribution in [2.45, 2.75) is 25.9 Å². The highest BCUT2D eigenvalue weighted by Crippen LogP contribution is 2.41. The topological polar surface area (TPSA) is 79.5 Å². The van der Waals surface area contributed by atoms with E-state index in [1.165, 1.54) is 0 Å². The highest BCUT2D eigenvalue weighted by atomic mass is 16.5. The molecule has 0 saturated carbocycles. The second-order valence-electron chi connectivity index (χ2n) is 9.50. The highest BCUT2D eigenvalue weighted by molar-refractivity contribution is 6.38. The molecule has 7 nitrogen and oxygen atoms in total. The lowest BCUT2D eigenvalue weighted by Gasteiger charge is -2.31. The maximum Gasteiger partial charge on any atom is 0.257 e. The van der Waals surface area contributed by atoms with Crippen molar-refractivity contribution in [3.63, 3.8) is 0 Å². The molecule has 2 aliphatic rings. The number of benzene rings is 3. The van der Waals surface area contributed by atoms with Gasteiger partial charge in [0.1, 0.15) is 23.4 Å². The molecule has 0 atom stereocenters. The van der Waals surface area contributed by atoms with Gasteiger partial charge in [-0.3, -0.25) is 4.79 Å². The van der Waals surface area contributed by atoms with Crippen LogP contribution in [0, 0.1) is 0 Å². The average Bonchev–Trinajstić information content (AvgIpc) is 3.50. The predicted molar refractivity (Wildman–Crippen MR) is 146 cm³/mol. The van der Waals surface area contributed by atoms with Crippen LogP contribution in [0.2, 0.25) is 0 Å². The van der Waals surface area contributed by atoms with Gasteiger partial charge < -0.3 is 24.7 Å². The Kier molecular flexibility index (Phi) is 6.14. The smallest absolute Gasteiger partial charge is 0.257 e. The first kappa shape index (κ1) is 23.3. The standard InChI is InChI=1S/C30H30N4O3/c1-3-34-15-13-20(14-16-34)37-22-10-11-24-23(17-22)28(30(35)33-24)27(19-7-5-4-6-8-19)29-31-25-12-9-21(36-2)18-26(25)32-29/h4-12,17-18,20H,3,13-16H2,1-2H3,(H,31,32)(H,33,35)/b28-27-. The number of hydrogen-bond acceptors (Lipinski definition) is 5. The van der Waals surface area contributed by atoms with E-state index >= 15 is 0 Å². The van der Waals surface area contributed by atoms with Crippen LogP contribution in [0.3, 0.4) is 0 Å². The van der Waals surface area contributed by atoms with Gasteiger partial charge in [-0.2, -0.15) is 0 Å². The summed E-state index contributed by atoms with van der Waals surface area (Å²) in [6.07, 6.45) is 2.18. The number of carbonyl (C=O) groups is 1. The molecule has 2 aliphatic heterocycles. The van der Waals surface area contributed by atoms with Crippen LogP contribution in [-0.4, -0.2) is 53.6 Å². The molecule has 6 rings (SSSR count). The molecule has 7 heteroatoms. The van der Waals surface area contributed by atoms with Gasteiger partial charge in [-0.1, -0.05) is 37.3 Å². The number of imidazole rings is 1. The Morgan fingerprint density at radius 2 is 1.81 bits per heavy atom. The maximum absolute atomic E-state index is 13.4. The van der Waals surface area contributed by atoms with Crippen molar-refractivity contribution >= 4 is 33.8 Å². The van der Waals surface area contributed by atoms with Crippen LogP contribution in [0.5, 0.6) is 11.5 Å². The van der Waals surface area contributed by atoms with Crippen molar-refractivity contribution in [3.05, 3.63) is 83.7 Å². The maximum atomic E-state index is 13.4. The predicted octanol–water partition coefficient (Wildman–Crippen LogP) is 5.35. The van der Waals surface area contributed by atoms with Crippen LogP contribution in [0.15, 0.2) is 66.7 Å². The fraction of sp³-hybridized carbons (Fsp3) is 0.267. The molecule has 1 amide bonds. The summed E-state index contributed by atoms with van der Waals surface area (Å²) in [5, 5.41) is 3.04. The molecule has 37 heavy (non-hydrogen) atoms. The van der Waals surface area contributed by atoms with Gasteiger partial charge in [0.25, 0.3) is 5.91 Å². The Morgan fingerprint density at radius 3 is 2.57 bits per heavy atom. The van der Waals surface area contributed by atoms with E-state index in [9.17, 15) is 4.79 Å². The largest absolute Gasteiger partial charge is 0.497 e. The lowest BCUT2D eigenvalue weighted by atomic mass is 9.94. The number of rotatable bonds is 6. The van der Waals surface area contributed by atoms with Crippen molar-refractivity contribution in [2.24, 2.45) is 0 Å². The average molecular weight is 495 g/mol. The third kappa shape index (κ3) is 4.47. The number of methoxy groups -OCH3 is 1. The number of nitrogens with zero attached hydrogens (tertiary/aromatic N) is 2. The first-order valence-electron chi connectivity index (χ1n) is 12.8. The van der Waals surface area contributed by atoms with E-state index in [2.05, 4.69) is 22.1 Å². The Hall–Kier alpha value is -4.10. The van der Waals surface area contributed by atoms with Gasteiger partial charge in [-0.25, -0.2) is 4.98 Å².